The fourth-order valence-electron chi connectivity index (χ4n) is 12.5. The van der Waals surface area contributed by atoms with Gasteiger partial charge in [-0.05, 0) is 117 Å². The lowest BCUT2D eigenvalue weighted by Crippen LogP contribution is -2.48. The van der Waals surface area contributed by atoms with Gasteiger partial charge in [0, 0.05) is 34.1 Å². The zero-order chi connectivity index (χ0) is 43.0. The van der Waals surface area contributed by atoms with Crippen LogP contribution in [0, 0.1) is 21.7 Å². The molecule has 2 fully saturated rings. The van der Waals surface area contributed by atoms with Gasteiger partial charge in [-0.25, -0.2) is 0 Å². The minimum atomic E-state index is -1.01. The Bertz CT molecular complexity index is 1470. The van der Waals surface area contributed by atoms with Gasteiger partial charge in [0.2, 0.25) is 0 Å². The van der Waals surface area contributed by atoms with E-state index in [1.54, 1.807) is 0 Å². The van der Waals surface area contributed by atoms with Crippen LogP contribution in [0.25, 0.3) is 0 Å². The molecule has 4 atom stereocenters. The van der Waals surface area contributed by atoms with Gasteiger partial charge in [0.05, 0.1) is 0 Å². The fourth-order valence-corrected chi connectivity index (χ4v) is 14.9. The van der Waals surface area contributed by atoms with Crippen molar-refractivity contribution >= 4 is 11.2 Å². The molecule has 2 aromatic carbocycles. The first kappa shape index (κ1) is 47.0. The summed E-state index contributed by atoms with van der Waals surface area (Å²) in [6.45, 7) is 45.9. The van der Waals surface area contributed by atoms with Gasteiger partial charge in [-0.2, -0.15) is 0 Å². The van der Waals surface area contributed by atoms with E-state index >= 15 is 0 Å². The van der Waals surface area contributed by atoms with Crippen LogP contribution in [0.5, 0.6) is 11.5 Å². The van der Waals surface area contributed by atoms with Gasteiger partial charge in [-0.3, -0.25) is 0 Å². The average molecular weight is 791 g/mol. The summed E-state index contributed by atoms with van der Waals surface area (Å²) in [5, 5.41) is 24.6. The van der Waals surface area contributed by atoms with Gasteiger partial charge in [0.25, 0.3) is 0 Å². The Morgan fingerprint density at radius 3 is 0.839 bits per heavy atom. The predicted molar refractivity (Wildman–Crippen MR) is 244 cm³/mol. The number of phenols is 2. The summed E-state index contributed by atoms with van der Waals surface area (Å²) in [7, 11) is 0. The molecule has 2 bridgehead atoms. The van der Waals surface area contributed by atoms with Crippen molar-refractivity contribution in [1.29, 1.82) is 0 Å². The Kier molecular flexibility index (Phi) is 13.0. The van der Waals surface area contributed by atoms with E-state index in [4.69, 9.17) is 0 Å². The fraction of sp³-hybridized carbons (Fsp3) is 0.769. The van der Waals surface area contributed by atoms with Crippen molar-refractivity contribution in [2.75, 3.05) is 0 Å². The maximum Gasteiger partial charge on any atom is 0.123 e. The number of aromatic hydroxyl groups is 2. The standard InChI is InChI=1S/C52H86O3S/c1-45(2,3)29-49(13,14)37-25-33(26-38(43(37)53)50(15,16)30-46(4,5)6)35-21-23-42-36(22-24-41(35)56(42)55)34-27-39(51(17,18)31-47(7,8)9)44(54)40(28-34)52(19,20)32-48(10,11)12/h25-28,35-36,41-42,53-54H,21-24,29-32H2,1-20H3. The van der Waals surface area contributed by atoms with Gasteiger partial charge in [0.1, 0.15) is 22.0 Å². The number of hydrogen-bond donors (Lipinski definition) is 2. The third kappa shape index (κ3) is 10.9. The smallest absolute Gasteiger partial charge is 0.123 e. The molecule has 3 nitrogen and oxygen atoms in total. The van der Waals surface area contributed by atoms with E-state index in [2.05, 4.69) is 163 Å². The molecule has 0 spiro atoms. The lowest BCUT2D eigenvalue weighted by molar-refractivity contribution is 0.266. The summed E-state index contributed by atoms with van der Waals surface area (Å²) < 4.78 is 15.0. The van der Waals surface area contributed by atoms with Gasteiger partial charge < -0.3 is 14.8 Å². The molecule has 318 valence electrons. The van der Waals surface area contributed by atoms with E-state index in [0.717, 1.165) is 73.6 Å². The molecule has 2 saturated heterocycles. The van der Waals surface area contributed by atoms with Crippen LogP contribution in [0.1, 0.15) is 235 Å². The highest BCUT2D eigenvalue weighted by atomic mass is 32.2. The van der Waals surface area contributed by atoms with Crippen molar-refractivity contribution < 1.29 is 14.8 Å². The molecule has 0 saturated carbocycles. The first-order chi connectivity index (χ1) is 24.9. The minimum absolute atomic E-state index is 0.0948. The summed E-state index contributed by atoms with van der Waals surface area (Å²) in [4.78, 5) is 0. The minimum Gasteiger partial charge on any atom is -0.616 e. The molecule has 2 aliphatic rings. The van der Waals surface area contributed by atoms with Crippen molar-refractivity contribution in [3.63, 3.8) is 0 Å². The lowest BCUT2D eigenvalue weighted by atomic mass is 9.66. The normalized spacial score (nSPS) is 23.4. The molecule has 4 unspecified atom stereocenters. The average Bonchev–Trinajstić information content (AvgIpc) is 2.92. The van der Waals surface area contributed by atoms with Crippen LogP contribution in [-0.4, -0.2) is 25.3 Å². The summed E-state index contributed by atoms with van der Waals surface area (Å²) >= 11 is -1.01. The summed E-state index contributed by atoms with van der Waals surface area (Å²) in [5.74, 6) is 1.31. The van der Waals surface area contributed by atoms with Crippen LogP contribution >= 0.6 is 0 Å². The van der Waals surface area contributed by atoms with Crippen molar-refractivity contribution in [2.24, 2.45) is 21.7 Å². The molecule has 2 heterocycles. The Labute approximate surface area is 349 Å². The monoisotopic (exact) mass is 791 g/mol. The number of hydrogen-bond acceptors (Lipinski definition) is 3. The predicted octanol–water partition coefficient (Wildman–Crippen LogP) is 14.9. The number of benzene rings is 2. The van der Waals surface area contributed by atoms with Crippen LogP contribution in [-0.2, 0) is 32.8 Å². The molecule has 0 amide bonds. The first-order valence-corrected chi connectivity index (χ1v) is 23.4. The Morgan fingerprint density at radius 1 is 0.429 bits per heavy atom. The molecular formula is C52H86O3S. The van der Waals surface area contributed by atoms with E-state index < -0.39 is 11.2 Å². The van der Waals surface area contributed by atoms with Gasteiger partial charge in [0.15, 0.2) is 0 Å². The van der Waals surface area contributed by atoms with Crippen LogP contribution < -0.4 is 0 Å². The van der Waals surface area contributed by atoms with Crippen molar-refractivity contribution in [2.45, 2.75) is 234 Å². The number of rotatable bonds is 10. The topological polar surface area (TPSA) is 63.5 Å². The van der Waals surface area contributed by atoms with E-state index in [1.165, 1.54) is 11.1 Å². The highest BCUT2D eigenvalue weighted by molar-refractivity contribution is 7.92. The Hall–Kier alpha value is -1.65. The second kappa shape index (κ2) is 15.4. The van der Waals surface area contributed by atoms with E-state index in [1.807, 2.05) is 0 Å². The highest BCUT2D eigenvalue weighted by Crippen LogP contribution is 2.55. The van der Waals surface area contributed by atoms with Crippen LogP contribution in [0.15, 0.2) is 24.3 Å². The molecular weight excluding hydrogens is 705 g/mol. The molecule has 4 rings (SSSR count). The third-order valence-corrected chi connectivity index (χ3v) is 15.3. The molecule has 0 aliphatic carbocycles. The van der Waals surface area contributed by atoms with Crippen molar-refractivity contribution in [3.05, 3.63) is 57.6 Å². The van der Waals surface area contributed by atoms with E-state index in [9.17, 15) is 14.8 Å². The molecule has 2 aliphatic heterocycles. The molecule has 4 heteroatoms. The second-order valence-corrected chi connectivity index (χ2v) is 28.1. The molecule has 2 N–H and O–H groups in total. The number of fused-ring (bicyclic) bond motifs is 2. The van der Waals surface area contributed by atoms with Crippen LogP contribution in [0.2, 0.25) is 0 Å². The van der Waals surface area contributed by atoms with Crippen molar-refractivity contribution in [1.82, 2.24) is 0 Å². The second-order valence-electron chi connectivity index (χ2n) is 26.2. The SMILES string of the molecule is CC(C)(C)CC(C)(C)c1cc(C2CCC3C(c4cc(C(C)(C)CC(C)(C)C)c(O)c(C(C)(C)CC(C)(C)C)c4)CCC2[S+]3[O-])cc(C(C)(C)CC(C)(C)C)c1O. The summed E-state index contributed by atoms with van der Waals surface area (Å²) in [6, 6.07) is 9.27. The van der Waals surface area contributed by atoms with Crippen LogP contribution in [0.4, 0.5) is 0 Å². The van der Waals surface area contributed by atoms with E-state index in [0.29, 0.717) is 11.5 Å². The Morgan fingerprint density at radius 2 is 0.643 bits per heavy atom. The first-order valence-electron chi connectivity index (χ1n) is 22.1. The largest absolute Gasteiger partial charge is 0.616 e. The lowest BCUT2D eigenvalue weighted by Gasteiger charge is -2.47. The van der Waals surface area contributed by atoms with Crippen LogP contribution in [0.3, 0.4) is 0 Å². The third-order valence-electron chi connectivity index (χ3n) is 12.9. The molecule has 56 heavy (non-hydrogen) atoms. The van der Waals surface area contributed by atoms with Gasteiger partial charge >= 0.3 is 0 Å². The maximum atomic E-state index is 15.0. The van der Waals surface area contributed by atoms with Crippen molar-refractivity contribution in [3.8, 4) is 11.5 Å². The Balaban J connectivity index is 1.82. The molecule has 0 radical (unpaired) electrons. The highest BCUT2D eigenvalue weighted by Gasteiger charge is 2.51. The number of phenolic OH excluding ortho intramolecular Hbond substituents is 2. The molecule has 2 aromatic rings. The molecule has 0 aromatic heterocycles. The summed E-state index contributed by atoms with van der Waals surface area (Å²) in [5.41, 5.74) is 6.21. The maximum absolute atomic E-state index is 15.0. The zero-order valence-corrected chi connectivity index (χ0v) is 40.8. The van der Waals surface area contributed by atoms with E-state index in [-0.39, 0.29) is 65.7 Å². The zero-order valence-electron chi connectivity index (χ0n) is 40.0. The van der Waals surface area contributed by atoms with Gasteiger partial charge in [-0.15, -0.1) is 0 Å². The van der Waals surface area contributed by atoms with Gasteiger partial charge in [-0.1, -0.05) is 163 Å². The quantitative estimate of drug-likeness (QED) is 0.236. The summed E-state index contributed by atoms with van der Waals surface area (Å²) in [6.07, 6.45) is 7.66.